The van der Waals surface area contributed by atoms with E-state index in [4.69, 9.17) is 0 Å². The van der Waals surface area contributed by atoms with Crippen molar-refractivity contribution in [3.05, 3.63) is 34.3 Å². The maximum absolute atomic E-state index is 12.2. The van der Waals surface area contributed by atoms with Crippen molar-refractivity contribution in [3.63, 3.8) is 0 Å². The van der Waals surface area contributed by atoms with Crippen LogP contribution in [-0.4, -0.2) is 42.4 Å². The van der Waals surface area contributed by atoms with E-state index >= 15 is 0 Å². The minimum Gasteiger partial charge on any atom is -0.353 e. The zero-order valence-corrected chi connectivity index (χ0v) is 15.8. The molecule has 0 unspecified atom stereocenters. The lowest BCUT2D eigenvalue weighted by Gasteiger charge is -2.22. The minimum atomic E-state index is -0.0960. The number of amides is 2. The first-order chi connectivity index (χ1) is 10.8. The van der Waals surface area contributed by atoms with Gasteiger partial charge in [-0.2, -0.15) is 0 Å². The Balaban J connectivity index is 2.53. The van der Waals surface area contributed by atoms with Crippen molar-refractivity contribution in [1.82, 2.24) is 15.5 Å². The molecule has 0 aliphatic heterocycles. The summed E-state index contributed by atoms with van der Waals surface area (Å²) in [5.41, 5.74) is 1.03. The van der Waals surface area contributed by atoms with Crippen LogP contribution in [0.1, 0.15) is 39.3 Å². The van der Waals surface area contributed by atoms with E-state index in [1.54, 1.807) is 0 Å². The van der Waals surface area contributed by atoms with Crippen LogP contribution in [0.15, 0.2) is 28.7 Å². The van der Waals surface area contributed by atoms with Gasteiger partial charge in [-0.05, 0) is 38.9 Å². The summed E-state index contributed by atoms with van der Waals surface area (Å²) >= 11 is 3.49. The Hall–Kier alpha value is -1.40. The van der Waals surface area contributed by atoms with Gasteiger partial charge in [0.15, 0.2) is 0 Å². The van der Waals surface area contributed by atoms with Crippen molar-refractivity contribution < 1.29 is 9.59 Å². The molecule has 6 heteroatoms. The number of benzene rings is 1. The summed E-state index contributed by atoms with van der Waals surface area (Å²) in [6.45, 7) is 8.79. The Labute approximate surface area is 146 Å². The second-order valence-electron chi connectivity index (χ2n) is 5.84. The molecule has 0 saturated heterocycles. The Morgan fingerprint density at radius 1 is 1.09 bits per heavy atom. The minimum absolute atomic E-state index is 0.0616. The number of rotatable bonds is 8. The van der Waals surface area contributed by atoms with Gasteiger partial charge < -0.3 is 10.6 Å². The zero-order chi connectivity index (χ0) is 17.4. The number of nitrogens with zero attached hydrogens (tertiary/aromatic N) is 1. The second-order valence-corrected chi connectivity index (χ2v) is 6.69. The van der Waals surface area contributed by atoms with Crippen LogP contribution in [0.2, 0.25) is 0 Å². The van der Waals surface area contributed by atoms with Crippen molar-refractivity contribution >= 4 is 27.7 Å². The van der Waals surface area contributed by atoms with Crippen LogP contribution in [-0.2, 0) is 9.59 Å². The van der Waals surface area contributed by atoms with Gasteiger partial charge in [0.05, 0.1) is 19.1 Å². The molecule has 0 aromatic heterocycles. The fourth-order valence-electron chi connectivity index (χ4n) is 2.24. The normalized spacial score (nSPS) is 12.3. The molecule has 5 nitrogen and oxygen atoms in total. The number of likely N-dealkylation sites (N-methyl/N-ethyl adjacent to an activating group) is 1. The van der Waals surface area contributed by atoms with Crippen LogP contribution in [0.25, 0.3) is 0 Å². The van der Waals surface area contributed by atoms with Gasteiger partial charge >= 0.3 is 0 Å². The standard InChI is InChI=1S/C17H26BrN3O2/c1-5-21(10-16(22)19-12(2)3)11-17(23)20-13(4)14-8-6-7-9-15(14)18/h6-9,12-13H,5,10-11H2,1-4H3,(H,19,22)(H,20,23)/t13-/m1/s1. The van der Waals surface area contributed by atoms with E-state index in [2.05, 4.69) is 26.6 Å². The molecule has 128 valence electrons. The van der Waals surface area contributed by atoms with Gasteiger partial charge in [-0.15, -0.1) is 0 Å². The molecule has 0 spiro atoms. The largest absolute Gasteiger partial charge is 0.353 e. The number of nitrogens with one attached hydrogen (secondary N) is 2. The summed E-state index contributed by atoms with van der Waals surface area (Å²) in [7, 11) is 0. The number of hydrogen-bond acceptors (Lipinski definition) is 3. The van der Waals surface area contributed by atoms with Crippen molar-refractivity contribution in [1.29, 1.82) is 0 Å². The van der Waals surface area contributed by atoms with Crippen LogP contribution >= 0.6 is 15.9 Å². The maximum Gasteiger partial charge on any atom is 0.234 e. The summed E-state index contributed by atoms with van der Waals surface area (Å²) in [6, 6.07) is 7.81. The second kappa shape index (κ2) is 9.67. The molecule has 2 amide bonds. The molecule has 1 aromatic rings. The van der Waals surface area contributed by atoms with Crippen molar-refractivity contribution in [2.75, 3.05) is 19.6 Å². The topological polar surface area (TPSA) is 61.4 Å². The van der Waals surface area contributed by atoms with E-state index in [0.29, 0.717) is 6.54 Å². The van der Waals surface area contributed by atoms with E-state index in [-0.39, 0.29) is 37.0 Å². The molecule has 23 heavy (non-hydrogen) atoms. The first-order valence-electron chi connectivity index (χ1n) is 7.89. The zero-order valence-electron chi connectivity index (χ0n) is 14.2. The molecule has 1 rings (SSSR count). The monoisotopic (exact) mass is 383 g/mol. The molecule has 0 bridgehead atoms. The fraction of sp³-hybridized carbons (Fsp3) is 0.529. The van der Waals surface area contributed by atoms with Crippen molar-refractivity contribution in [2.45, 2.75) is 39.8 Å². The number of carbonyl (C=O) groups is 2. The third kappa shape index (κ3) is 7.14. The highest BCUT2D eigenvalue weighted by atomic mass is 79.9. The van der Waals surface area contributed by atoms with Gasteiger partial charge in [-0.25, -0.2) is 0 Å². The van der Waals surface area contributed by atoms with Crippen molar-refractivity contribution in [2.24, 2.45) is 0 Å². The molecule has 1 aromatic carbocycles. The Kier molecular flexibility index (Phi) is 8.26. The molecule has 1 atom stereocenters. The summed E-state index contributed by atoms with van der Waals surface area (Å²) in [5.74, 6) is -0.152. The van der Waals surface area contributed by atoms with Gasteiger partial charge in [-0.1, -0.05) is 41.1 Å². The molecule has 0 aliphatic carbocycles. The highest BCUT2D eigenvalue weighted by molar-refractivity contribution is 9.10. The lowest BCUT2D eigenvalue weighted by atomic mass is 10.1. The summed E-state index contributed by atoms with van der Waals surface area (Å²) in [4.78, 5) is 25.8. The van der Waals surface area contributed by atoms with Gasteiger partial charge in [-0.3, -0.25) is 14.5 Å². The van der Waals surface area contributed by atoms with E-state index in [0.717, 1.165) is 10.0 Å². The third-order valence-corrected chi connectivity index (χ3v) is 4.10. The predicted octanol–water partition coefficient (Wildman–Crippen LogP) is 2.47. The first kappa shape index (κ1) is 19.6. The van der Waals surface area contributed by atoms with E-state index in [1.807, 2.05) is 56.9 Å². The number of hydrogen-bond donors (Lipinski definition) is 2. The quantitative estimate of drug-likeness (QED) is 0.724. The third-order valence-electron chi connectivity index (χ3n) is 3.38. The lowest BCUT2D eigenvalue weighted by Crippen LogP contribution is -2.44. The lowest BCUT2D eigenvalue weighted by molar-refractivity contribution is -0.125. The average molecular weight is 384 g/mol. The number of halogens is 1. The van der Waals surface area contributed by atoms with E-state index in [9.17, 15) is 9.59 Å². The smallest absolute Gasteiger partial charge is 0.234 e. The maximum atomic E-state index is 12.2. The Bertz CT molecular complexity index is 534. The van der Waals surface area contributed by atoms with Crippen LogP contribution in [0, 0.1) is 0 Å². The van der Waals surface area contributed by atoms with Crippen LogP contribution in [0.4, 0.5) is 0 Å². The van der Waals surface area contributed by atoms with Crippen LogP contribution < -0.4 is 10.6 Å². The molecular formula is C17H26BrN3O2. The highest BCUT2D eigenvalue weighted by Crippen LogP contribution is 2.22. The van der Waals surface area contributed by atoms with Gasteiger partial charge in [0.25, 0.3) is 0 Å². The average Bonchev–Trinajstić information content (AvgIpc) is 2.45. The molecule has 0 radical (unpaired) electrons. The van der Waals surface area contributed by atoms with Gasteiger partial charge in [0.2, 0.25) is 11.8 Å². The van der Waals surface area contributed by atoms with Gasteiger partial charge in [0, 0.05) is 10.5 Å². The first-order valence-corrected chi connectivity index (χ1v) is 8.68. The summed E-state index contributed by atoms with van der Waals surface area (Å²) < 4.78 is 0.969. The summed E-state index contributed by atoms with van der Waals surface area (Å²) in [6.07, 6.45) is 0. The van der Waals surface area contributed by atoms with E-state index < -0.39 is 0 Å². The predicted molar refractivity (Wildman–Crippen MR) is 96.1 cm³/mol. The molecule has 2 N–H and O–H groups in total. The Morgan fingerprint density at radius 2 is 1.65 bits per heavy atom. The number of carbonyl (C=O) groups excluding carboxylic acids is 2. The van der Waals surface area contributed by atoms with E-state index in [1.165, 1.54) is 0 Å². The molecule has 0 aliphatic rings. The SMILES string of the molecule is CCN(CC(=O)NC(C)C)CC(=O)N[C@H](C)c1ccccc1Br. The van der Waals surface area contributed by atoms with Gasteiger partial charge in [0.1, 0.15) is 0 Å². The van der Waals surface area contributed by atoms with Crippen molar-refractivity contribution in [3.8, 4) is 0 Å². The summed E-state index contributed by atoms with van der Waals surface area (Å²) in [5, 5.41) is 5.81. The molecular weight excluding hydrogens is 358 g/mol. The van der Waals surface area contributed by atoms with Crippen LogP contribution in [0.3, 0.4) is 0 Å². The molecule has 0 saturated carbocycles. The van der Waals surface area contributed by atoms with Crippen LogP contribution in [0.5, 0.6) is 0 Å². The molecule has 0 fully saturated rings. The Morgan fingerprint density at radius 3 is 2.17 bits per heavy atom. The highest BCUT2D eigenvalue weighted by Gasteiger charge is 2.16. The molecule has 0 heterocycles. The fourth-order valence-corrected chi connectivity index (χ4v) is 2.87.